The van der Waals surface area contributed by atoms with Crippen molar-refractivity contribution in [3.8, 4) is 55.6 Å². The maximum absolute atomic E-state index is 2.55. The zero-order chi connectivity index (χ0) is 38.7. The average molecular weight is 745 g/mol. The third-order valence-electron chi connectivity index (χ3n) is 13.4. The van der Waals surface area contributed by atoms with Crippen molar-refractivity contribution in [2.75, 3.05) is 0 Å². The van der Waals surface area contributed by atoms with Crippen LogP contribution in [0, 0.1) is 0 Å². The van der Waals surface area contributed by atoms with Gasteiger partial charge in [-0.3, -0.25) is 0 Å². The number of rotatable bonds is 3. The fourth-order valence-corrected chi connectivity index (χ4v) is 11.1. The predicted octanol–water partition coefficient (Wildman–Crippen LogP) is 15.6. The molecule has 2 aliphatic rings. The summed E-state index contributed by atoms with van der Waals surface area (Å²) in [5, 5.41) is 10.2. The summed E-state index contributed by atoms with van der Waals surface area (Å²) in [6.45, 7) is 0. The van der Waals surface area contributed by atoms with Crippen LogP contribution in [0.5, 0.6) is 0 Å². The summed E-state index contributed by atoms with van der Waals surface area (Å²) in [6.07, 6.45) is 0. The van der Waals surface area contributed by atoms with E-state index in [4.69, 9.17) is 0 Å². The Hall–Kier alpha value is -7.54. The fraction of sp³-hybridized carbons (Fsp3) is 0.0169. The highest BCUT2D eigenvalue weighted by atomic mass is 14.5. The van der Waals surface area contributed by atoms with Gasteiger partial charge in [-0.2, -0.15) is 0 Å². The lowest BCUT2D eigenvalue weighted by Gasteiger charge is -2.31. The number of hydrogen-bond donors (Lipinski definition) is 0. The molecule has 0 saturated heterocycles. The van der Waals surface area contributed by atoms with E-state index < -0.39 is 5.41 Å². The molecule has 0 N–H and O–H groups in total. The van der Waals surface area contributed by atoms with Crippen molar-refractivity contribution >= 4 is 43.1 Å². The van der Waals surface area contributed by atoms with Gasteiger partial charge < -0.3 is 0 Å². The smallest absolute Gasteiger partial charge is 0.0622 e. The molecule has 0 nitrogen and oxygen atoms in total. The van der Waals surface area contributed by atoms with Crippen LogP contribution >= 0.6 is 0 Å². The predicted molar refractivity (Wildman–Crippen MR) is 249 cm³/mol. The van der Waals surface area contributed by atoms with Crippen LogP contribution in [-0.2, 0) is 5.41 Å². The summed E-state index contributed by atoms with van der Waals surface area (Å²) in [4.78, 5) is 0. The van der Waals surface area contributed by atoms with Gasteiger partial charge in [0.05, 0.1) is 5.41 Å². The van der Waals surface area contributed by atoms with Crippen molar-refractivity contribution in [2.45, 2.75) is 5.41 Å². The number of hydrogen-bond acceptors (Lipinski definition) is 0. The third-order valence-corrected chi connectivity index (χ3v) is 13.4. The summed E-state index contributed by atoms with van der Waals surface area (Å²) >= 11 is 0. The van der Waals surface area contributed by atoms with Gasteiger partial charge in [0.15, 0.2) is 0 Å². The normalized spacial score (nSPS) is 13.2. The van der Waals surface area contributed by atoms with Crippen LogP contribution in [0.3, 0.4) is 0 Å². The van der Waals surface area contributed by atoms with Gasteiger partial charge in [0.25, 0.3) is 0 Å². The Balaban J connectivity index is 1.07. The minimum Gasteiger partial charge on any atom is -0.0622 e. The Morgan fingerprint density at radius 2 is 0.644 bits per heavy atom. The van der Waals surface area contributed by atoms with E-state index in [0.29, 0.717) is 0 Å². The quantitative estimate of drug-likeness (QED) is 0.158. The molecular weight excluding hydrogens is 709 g/mol. The lowest BCUT2D eigenvalue weighted by atomic mass is 9.69. The summed E-state index contributed by atoms with van der Waals surface area (Å²) in [7, 11) is 0. The SMILES string of the molecule is c1ccc(-c2c3ccccc3c(-c3ccc(-c4cc5c(c6ccccc46)-c4cc6ccccc6cc4C54c5ccccc5-c5ccccc54)cc3)c3ccccc23)cc1. The van der Waals surface area contributed by atoms with Crippen molar-refractivity contribution < 1.29 is 0 Å². The lowest BCUT2D eigenvalue weighted by molar-refractivity contribution is 0.796. The topological polar surface area (TPSA) is 0 Å². The minimum absolute atomic E-state index is 0.445. The van der Waals surface area contributed by atoms with Gasteiger partial charge in [-0.15, -0.1) is 0 Å². The second-order valence-corrected chi connectivity index (χ2v) is 16.3. The summed E-state index contributed by atoms with van der Waals surface area (Å²) in [6, 6.07) is 81.8. The number of benzene rings is 11. The van der Waals surface area contributed by atoms with Crippen molar-refractivity contribution in [1.29, 1.82) is 0 Å². The van der Waals surface area contributed by atoms with E-state index in [9.17, 15) is 0 Å². The molecule has 0 saturated carbocycles. The van der Waals surface area contributed by atoms with Crippen molar-refractivity contribution in [1.82, 2.24) is 0 Å². The van der Waals surface area contributed by atoms with Gasteiger partial charge in [0.1, 0.15) is 0 Å². The van der Waals surface area contributed by atoms with Crippen molar-refractivity contribution in [2.24, 2.45) is 0 Å². The van der Waals surface area contributed by atoms with E-state index in [2.05, 4.69) is 218 Å². The Labute approximate surface area is 343 Å². The first-order chi connectivity index (χ1) is 29.3. The highest BCUT2D eigenvalue weighted by molar-refractivity contribution is 6.21. The Bertz CT molecular complexity index is 3430. The van der Waals surface area contributed by atoms with Crippen molar-refractivity contribution in [3.63, 3.8) is 0 Å². The number of fused-ring (bicyclic) bond motifs is 15. The molecule has 1 spiro atoms. The molecule has 11 aromatic rings. The molecule has 59 heavy (non-hydrogen) atoms. The third kappa shape index (κ3) is 4.38. The van der Waals surface area contributed by atoms with Crippen LogP contribution in [0.25, 0.3) is 98.7 Å². The van der Waals surface area contributed by atoms with E-state index in [0.717, 1.165) is 0 Å². The second-order valence-electron chi connectivity index (χ2n) is 16.3. The minimum atomic E-state index is -0.445. The molecule has 13 rings (SSSR count). The average Bonchev–Trinajstić information content (AvgIpc) is 3.77. The molecule has 0 aromatic heterocycles. The molecule has 0 radical (unpaired) electrons. The molecule has 11 aromatic carbocycles. The highest BCUT2D eigenvalue weighted by Crippen LogP contribution is 2.65. The summed E-state index contributed by atoms with van der Waals surface area (Å²) < 4.78 is 0. The van der Waals surface area contributed by atoms with Crippen molar-refractivity contribution in [3.05, 3.63) is 241 Å². The van der Waals surface area contributed by atoms with E-state index in [1.54, 1.807) is 0 Å². The molecule has 0 heterocycles. The zero-order valence-electron chi connectivity index (χ0n) is 32.3. The van der Waals surface area contributed by atoms with Crippen LogP contribution in [0.4, 0.5) is 0 Å². The van der Waals surface area contributed by atoms with Crippen LogP contribution in [0.2, 0.25) is 0 Å². The molecule has 0 unspecified atom stereocenters. The summed E-state index contributed by atoms with van der Waals surface area (Å²) in [5.41, 5.74) is 17.9. The van der Waals surface area contributed by atoms with E-state index in [1.165, 1.54) is 121 Å². The standard InChI is InChI=1S/C59H36/c1-2-16-38(17-3-1)56-46-24-8-10-26-48(46)57(49-27-11-9-25-47(49)56)39-32-30-37(31-33-39)50-36-55-58(45-23-7-6-20-42(45)50)51-34-40-18-4-5-19-41(40)35-54(51)59(55)52-28-14-12-21-43(52)44-22-13-15-29-53(44)59/h1-36H. The van der Waals surface area contributed by atoms with E-state index in [-0.39, 0.29) is 0 Å². The molecule has 0 fully saturated rings. The van der Waals surface area contributed by atoms with Gasteiger partial charge >= 0.3 is 0 Å². The lowest BCUT2D eigenvalue weighted by Crippen LogP contribution is -2.26. The molecule has 272 valence electrons. The maximum atomic E-state index is 2.55. The van der Waals surface area contributed by atoms with Gasteiger partial charge in [0, 0.05) is 0 Å². The monoisotopic (exact) mass is 744 g/mol. The molecule has 0 aliphatic heterocycles. The van der Waals surface area contributed by atoms with Gasteiger partial charge in [-0.05, 0) is 139 Å². The molecule has 0 amide bonds. The molecule has 0 atom stereocenters. The first-order valence-electron chi connectivity index (χ1n) is 20.7. The van der Waals surface area contributed by atoms with Crippen LogP contribution in [0.15, 0.2) is 218 Å². The van der Waals surface area contributed by atoms with Gasteiger partial charge in [-0.1, -0.05) is 200 Å². The van der Waals surface area contributed by atoms with Crippen LogP contribution in [-0.4, -0.2) is 0 Å². The zero-order valence-corrected chi connectivity index (χ0v) is 32.3. The molecule has 0 heteroatoms. The summed E-state index contributed by atoms with van der Waals surface area (Å²) in [5.74, 6) is 0. The first kappa shape index (κ1) is 32.5. The van der Waals surface area contributed by atoms with E-state index in [1.807, 2.05) is 0 Å². The van der Waals surface area contributed by atoms with Crippen LogP contribution in [0.1, 0.15) is 22.3 Å². The van der Waals surface area contributed by atoms with Gasteiger partial charge in [0.2, 0.25) is 0 Å². The fourth-order valence-electron chi connectivity index (χ4n) is 11.1. The Morgan fingerprint density at radius 3 is 1.22 bits per heavy atom. The first-order valence-corrected chi connectivity index (χ1v) is 20.7. The molecular formula is C59H36. The highest BCUT2D eigenvalue weighted by Gasteiger charge is 2.52. The van der Waals surface area contributed by atoms with Crippen LogP contribution < -0.4 is 0 Å². The molecule has 2 aliphatic carbocycles. The molecule has 0 bridgehead atoms. The second kappa shape index (κ2) is 12.2. The largest absolute Gasteiger partial charge is 0.0726 e. The van der Waals surface area contributed by atoms with Gasteiger partial charge in [-0.25, -0.2) is 0 Å². The van der Waals surface area contributed by atoms with E-state index >= 15 is 0 Å². The maximum Gasteiger partial charge on any atom is 0.0726 e. The Kier molecular flexibility index (Phi) is 6.74. The Morgan fingerprint density at radius 1 is 0.220 bits per heavy atom.